The van der Waals surface area contributed by atoms with Crippen molar-refractivity contribution in [1.29, 1.82) is 0 Å². The monoisotopic (exact) mass is 448 g/mol. The number of carbonyl (C=O) groups excluding carboxylic acids is 1. The maximum absolute atomic E-state index is 12.8. The summed E-state index contributed by atoms with van der Waals surface area (Å²) in [4.78, 5) is 12.8. The summed E-state index contributed by atoms with van der Waals surface area (Å²) in [6, 6.07) is 19.8. The normalized spacial score (nSPS) is 14.0. The van der Waals surface area contributed by atoms with E-state index in [9.17, 15) is 4.79 Å². The van der Waals surface area contributed by atoms with Crippen LogP contribution >= 0.6 is 15.9 Å². The fourth-order valence-electron chi connectivity index (χ4n) is 3.31. The van der Waals surface area contributed by atoms with Gasteiger partial charge in [0.2, 0.25) is 5.78 Å². The molecule has 3 nitrogen and oxygen atoms in total. The molecular weight excluding hydrogens is 428 g/mol. The summed E-state index contributed by atoms with van der Waals surface area (Å²) >= 11 is 3.43. The average molecular weight is 449 g/mol. The molecule has 29 heavy (non-hydrogen) atoms. The van der Waals surface area contributed by atoms with Crippen LogP contribution in [-0.2, 0) is 13.0 Å². The number of fused-ring (bicyclic) bond motifs is 1. The van der Waals surface area contributed by atoms with E-state index in [0.717, 1.165) is 27.6 Å². The van der Waals surface area contributed by atoms with Crippen LogP contribution in [0.15, 0.2) is 70.9 Å². The molecule has 4 heteroatoms. The summed E-state index contributed by atoms with van der Waals surface area (Å²) in [5, 5.41) is 0. The second kappa shape index (κ2) is 8.26. The van der Waals surface area contributed by atoms with Gasteiger partial charge in [-0.3, -0.25) is 4.79 Å². The number of Topliss-reactive ketones (excluding diaryl/α,β-unsaturated/α-hetero) is 1. The zero-order valence-electron chi connectivity index (χ0n) is 16.4. The van der Waals surface area contributed by atoms with Crippen LogP contribution in [-0.4, -0.2) is 5.78 Å². The van der Waals surface area contributed by atoms with Gasteiger partial charge >= 0.3 is 0 Å². The van der Waals surface area contributed by atoms with E-state index in [4.69, 9.17) is 9.47 Å². The molecule has 0 radical (unpaired) electrons. The fourth-order valence-corrected chi connectivity index (χ4v) is 3.57. The summed E-state index contributed by atoms with van der Waals surface area (Å²) in [5.41, 5.74) is 4.74. The van der Waals surface area contributed by atoms with Crippen molar-refractivity contribution in [3.8, 4) is 11.5 Å². The molecule has 0 saturated carbocycles. The maximum atomic E-state index is 12.8. The number of halogens is 1. The molecule has 0 fully saturated rings. The van der Waals surface area contributed by atoms with Crippen molar-refractivity contribution < 1.29 is 14.3 Å². The van der Waals surface area contributed by atoms with Crippen LogP contribution in [0.2, 0.25) is 0 Å². The first-order valence-electron chi connectivity index (χ1n) is 9.58. The van der Waals surface area contributed by atoms with Crippen LogP contribution in [0.3, 0.4) is 0 Å². The lowest BCUT2D eigenvalue weighted by Crippen LogP contribution is -2.00. The first-order valence-corrected chi connectivity index (χ1v) is 10.4. The lowest BCUT2D eigenvalue weighted by atomic mass is 10.0. The van der Waals surface area contributed by atoms with Crippen molar-refractivity contribution in [1.82, 2.24) is 0 Å². The number of ether oxygens (including phenoxy) is 2. The van der Waals surface area contributed by atoms with E-state index in [1.54, 1.807) is 12.1 Å². The van der Waals surface area contributed by atoms with E-state index in [1.165, 1.54) is 5.56 Å². The Labute approximate surface area is 179 Å². The van der Waals surface area contributed by atoms with Crippen LogP contribution in [0.5, 0.6) is 11.5 Å². The summed E-state index contributed by atoms with van der Waals surface area (Å²) < 4.78 is 12.9. The highest BCUT2D eigenvalue weighted by molar-refractivity contribution is 9.10. The molecule has 3 aromatic rings. The lowest BCUT2D eigenvalue weighted by Gasteiger charge is -2.09. The molecule has 0 amide bonds. The predicted molar refractivity (Wildman–Crippen MR) is 118 cm³/mol. The van der Waals surface area contributed by atoms with Crippen LogP contribution in [0.4, 0.5) is 0 Å². The maximum Gasteiger partial charge on any atom is 0.232 e. The van der Waals surface area contributed by atoms with Gasteiger partial charge in [0.15, 0.2) is 5.76 Å². The topological polar surface area (TPSA) is 35.5 Å². The Balaban J connectivity index is 1.54. The lowest BCUT2D eigenvalue weighted by molar-refractivity contribution is 0.101. The van der Waals surface area contributed by atoms with Crippen molar-refractivity contribution in [2.45, 2.75) is 26.9 Å². The number of aryl methyl sites for hydroxylation is 2. The summed E-state index contributed by atoms with van der Waals surface area (Å²) in [6.45, 7) is 4.48. The molecule has 0 N–H and O–H groups in total. The van der Waals surface area contributed by atoms with Gasteiger partial charge in [0, 0.05) is 10.5 Å². The zero-order chi connectivity index (χ0) is 20.4. The molecule has 0 saturated heterocycles. The van der Waals surface area contributed by atoms with Crippen LogP contribution in [0, 0.1) is 6.92 Å². The number of hydrogen-bond donors (Lipinski definition) is 0. The molecular formula is C25H21BrO3. The molecule has 1 aliphatic rings. The Kier molecular flexibility index (Phi) is 5.54. The highest BCUT2D eigenvalue weighted by atomic mass is 79.9. The first kappa shape index (κ1) is 19.5. The van der Waals surface area contributed by atoms with Gasteiger partial charge in [-0.25, -0.2) is 0 Å². The molecule has 0 aromatic heterocycles. The van der Waals surface area contributed by atoms with E-state index in [0.29, 0.717) is 29.4 Å². The zero-order valence-corrected chi connectivity index (χ0v) is 18.0. The molecule has 1 aliphatic heterocycles. The smallest absolute Gasteiger partial charge is 0.232 e. The molecule has 0 atom stereocenters. The quantitative estimate of drug-likeness (QED) is 0.417. The standard InChI is InChI=1S/C25H21BrO3/c1-3-17-4-6-18(7-5-17)13-23-25(27)24-16(2)12-21(14-22(24)29-23)28-15-19-8-10-20(26)11-9-19/h4-14H,3,15H2,1-2H3/b23-13-. The van der Waals surface area contributed by atoms with Gasteiger partial charge in [-0.05, 0) is 59.9 Å². The van der Waals surface area contributed by atoms with E-state index >= 15 is 0 Å². The minimum Gasteiger partial charge on any atom is -0.489 e. The van der Waals surface area contributed by atoms with Crippen molar-refractivity contribution in [3.05, 3.63) is 98.7 Å². The number of allylic oxidation sites excluding steroid dienone is 1. The predicted octanol–water partition coefficient (Wildman–Crippen LogP) is 6.52. The van der Waals surface area contributed by atoms with E-state index in [1.807, 2.05) is 49.4 Å². The second-order valence-corrected chi connectivity index (χ2v) is 7.98. The van der Waals surface area contributed by atoms with Gasteiger partial charge in [-0.15, -0.1) is 0 Å². The number of rotatable bonds is 5. The molecule has 0 unspecified atom stereocenters. The summed E-state index contributed by atoms with van der Waals surface area (Å²) in [5.74, 6) is 1.50. The largest absolute Gasteiger partial charge is 0.489 e. The van der Waals surface area contributed by atoms with Gasteiger partial charge in [-0.1, -0.05) is 59.3 Å². The molecule has 3 aromatic carbocycles. The van der Waals surface area contributed by atoms with Gasteiger partial charge in [0.05, 0.1) is 5.56 Å². The Morgan fingerprint density at radius 2 is 1.69 bits per heavy atom. The first-order chi connectivity index (χ1) is 14.0. The molecule has 1 heterocycles. The number of carbonyl (C=O) groups is 1. The van der Waals surface area contributed by atoms with Gasteiger partial charge in [0.25, 0.3) is 0 Å². The van der Waals surface area contributed by atoms with Crippen molar-refractivity contribution in [2.75, 3.05) is 0 Å². The van der Waals surface area contributed by atoms with E-state index < -0.39 is 0 Å². The fraction of sp³-hybridized carbons (Fsp3) is 0.160. The number of hydrogen-bond acceptors (Lipinski definition) is 3. The Morgan fingerprint density at radius 3 is 2.38 bits per heavy atom. The highest BCUT2D eigenvalue weighted by Crippen LogP contribution is 2.37. The Morgan fingerprint density at radius 1 is 1.00 bits per heavy atom. The van der Waals surface area contributed by atoms with Gasteiger partial charge in [-0.2, -0.15) is 0 Å². The molecule has 0 aliphatic carbocycles. The minimum absolute atomic E-state index is 0.0865. The summed E-state index contributed by atoms with van der Waals surface area (Å²) in [6.07, 6.45) is 2.78. The minimum atomic E-state index is -0.0865. The highest BCUT2D eigenvalue weighted by Gasteiger charge is 2.30. The van der Waals surface area contributed by atoms with Crippen molar-refractivity contribution in [2.24, 2.45) is 0 Å². The SMILES string of the molecule is CCc1ccc(/C=C2\Oc3cc(OCc4ccc(Br)cc4)cc(C)c3C2=O)cc1. The number of ketones is 1. The van der Waals surface area contributed by atoms with Crippen LogP contribution in [0.1, 0.15) is 39.5 Å². The molecule has 0 spiro atoms. The van der Waals surface area contributed by atoms with Crippen LogP contribution in [0.25, 0.3) is 6.08 Å². The Bertz CT molecular complexity index is 1080. The average Bonchev–Trinajstić information content (AvgIpc) is 3.04. The molecule has 4 rings (SSSR count). The van der Waals surface area contributed by atoms with E-state index in [2.05, 4.69) is 35.0 Å². The van der Waals surface area contributed by atoms with Crippen molar-refractivity contribution >= 4 is 27.8 Å². The van der Waals surface area contributed by atoms with Gasteiger partial charge in [0.1, 0.15) is 18.1 Å². The second-order valence-electron chi connectivity index (χ2n) is 7.06. The Hall–Kier alpha value is -2.85. The third-order valence-corrected chi connectivity index (χ3v) is 5.48. The van der Waals surface area contributed by atoms with E-state index in [-0.39, 0.29) is 5.78 Å². The molecule has 146 valence electrons. The number of benzene rings is 3. The summed E-state index contributed by atoms with van der Waals surface area (Å²) in [7, 11) is 0. The third-order valence-electron chi connectivity index (χ3n) is 4.95. The third kappa shape index (κ3) is 4.28. The molecule has 0 bridgehead atoms. The van der Waals surface area contributed by atoms with Gasteiger partial charge < -0.3 is 9.47 Å². The van der Waals surface area contributed by atoms with Crippen molar-refractivity contribution in [3.63, 3.8) is 0 Å². The van der Waals surface area contributed by atoms with Crippen LogP contribution < -0.4 is 9.47 Å².